The minimum atomic E-state index is -2.80. The monoisotopic (exact) mass is 574 g/mol. The van der Waals surface area contributed by atoms with Crippen LogP contribution in [0, 0.1) is 11.7 Å². The number of nitrogens with zero attached hydrogens (tertiary/aromatic N) is 3. The molecule has 1 aromatic heterocycles. The van der Waals surface area contributed by atoms with Crippen LogP contribution in [0.25, 0.3) is 33.3 Å². The number of aliphatic hydroxyl groups is 2. The van der Waals surface area contributed by atoms with E-state index in [1.807, 2.05) is 0 Å². The number of halogens is 1. The third-order valence-corrected chi connectivity index (χ3v) is 8.21. The fourth-order valence-electron chi connectivity index (χ4n) is 6.34. The lowest BCUT2D eigenvalue weighted by Crippen LogP contribution is -2.66. The summed E-state index contributed by atoms with van der Waals surface area (Å²) in [5.74, 6) is -6.55. The van der Waals surface area contributed by atoms with E-state index in [9.17, 15) is 34.1 Å². The summed E-state index contributed by atoms with van der Waals surface area (Å²) in [6, 6.07) is 7.93. The maximum absolute atomic E-state index is 14.1. The van der Waals surface area contributed by atoms with Gasteiger partial charge in [0, 0.05) is 36.7 Å². The molecule has 0 bridgehead atoms. The number of phenols is 1. The highest BCUT2D eigenvalue weighted by atomic mass is 19.1. The van der Waals surface area contributed by atoms with Crippen molar-refractivity contribution in [2.45, 2.75) is 18.1 Å². The molecule has 0 fully saturated rings. The number of fused-ring (bicyclic) bond motifs is 5. The molecule has 0 radical (unpaired) electrons. The maximum Gasteiger partial charge on any atom is 0.255 e. The second-order valence-corrected chi connectivity index (χ2v) is 11.1. The second kappa shape index (κ2) is 9.10. The molecular formula is C30H27FN4O7. The number of aliphatic hydroxyl groups excluding tert-OH is 1. The van der Waals surface area contributed by atoms with Crippen molar-refractivity contribution in [1.82, 2.24) is 9.88 Å². The molecule has 2 aliphatic rings. The Labute approximate surface area is 238 Å². The average Bonchev–Trinajstić information content (AvgIpc) is 3.34. The standard InChI is InChI=1S/C30H27FN4O7/c1-34(2)18-11-17-25(42-29(33-17)12-6-5-7-14(31)8-12)20-15(18)9-13-10-16-22(35(3)4)24(37)21(28(32)40)27(39)30(16,41)26(38)19(13)23(20)36/h5-9,11,16,22,36-37,41H,10H2,1-4H3,(H2,32,40)/t16-,22-,30-/m0/s1. The van der Waals surface area contributed by atoms with Crippen LogP contribution >= 0.6 is 0 Å². The van der Waals surface area contributed by atoms with Gasteiger partial charge in [-0.25, -0.2) is 9.37 Å². The molecular weight excluding hydrogens is 547 g/mol. The largest absolute Gasteiger partial charge is 0.510 e. The van der Waals surface area contributed by atoms with Gasteiger partial charge in [-0.3, -0.25) is 19.3 Å². The maximum atomic E-state index is 14.1. The van der Waals surface area contributed by atoms with Crippen molar-refractivity contribution in [2.24, 2.45) is 11.7 Å². The van der Waals surface area contributed by atoms with Gasteiger partial charge in [-0.05, 0) is 56.4 Å². The summed E-state index contributed by atoms with van der Waals surface area (Å²) in [6.45, 7) is 0. The lowest BCUT2D eigenvalue weighted by molar-refractivity contribution is -0.140. The van der Waals surface area contributed by atoms with E-state index >= 15 is 0 Å². The number of carbonyl (C=O) groups excluding carboxylic acids is 3. The lowest BCUT2D eigenvalue weighted by Gasteiger charge is -2.47. The molecule has 1 amide bonds. The number of anilines is 1. The summed E-state index contributed by atoms with van der Waals surface area (Å²) in [7, 11) is 6.69. The number of rotatable bonds is 4. The van der Waals surface area contributed by atoms with Crippen LogP contribution in [0.5, 0.6) is 5.75 Å². The Morgan fingerprint density at radius 2 is 1.83 bits per heavy atom. The van der Waals surface area contributed by atoms with E-state index in [1.54, 1.807) is 51.3 Å². The number of aromatic hydroxyl groups is 1. The normalized spacial score (nSPS) is 22.2. The van der Waals surface area contributed by atoms with Crippen LogP contribution < -0.4 is 10.6 Å². The van der Waals surface area contributed by atoms with Gasteiger partial charge in [0.1, 0.15) is 28.4 Å². The molecule has 0 aliphatic heterocycles. The number of likely N-dealkylation sites (N-methyl/N-ethyl adjacent to an activating group) is 1. The molecule has 42 heavy (non-hydrogen) atoms. The van der Waals surface area contributed by atoms with Crippen LogP contribution in [-0.4, -0.2) is 82.5 Å². The smallest absolute Gasteiger partial charge is 0.255 e. The van der Waals surface area contributed by atoms with Crippen LogP contribution in [0.1, 0.15) is 15.9 Å². The average molecular weight is 575 g/mol. The number of hydrogen-bond donors (Lipinski definition) is 4. The molecule has 1 heterocycles. The Kier molecular flexibility index (Phi) is 5.93. The first-order valence-electron chi connectivity index (χ1n) is 13.0. The minimum absolute atomic E-state index is 0.0758. The molecule has 3 aromatic carbocycles. The van der Waals surface area contributed by atoms with Gasteiger partial charge in [-0.1, -0.05) is 6.07 Å². The number of Topliss-reactive ketones (excluding diaryl/α,β-unsaturated/α-hetero) is 2. The van der Waals surface area contributed by atoms with Crippen molar-refractivity contribution in [3.05, 3.63) is 64.7 Å². The lowest BCUT2D eigenvalue weighted by atomic mass is 9.61. The van der Waals surface area contributed by atoms with Crippen LogP contribution in [0.15, 0.2) is 52.1 Å². The molecule has 0 spiro atoms. The Balaban J connectivity index is 1.66. The van der Waals surface area contributed by atoms with E-state index in [4.69, 9.17) is 10.2 Å². The molecule has 6 rings (SSSR count). The minimum Gasteiger partial charge on any atom is -0.510 e. The molecule has 12 heteroatoms. The molecule has 5 N–H and O–H groups in total. The Morgan fingerprint density at radius 3 is 2.45 bits per heavy atom. The zero-order valence-electron chi connectivity index (χ0n) is 23.1. The Hall–Kier alpha value is -4.81. The summed E-state index contributed by atoms with van der Waals surface area (Å²) < 4.78 is 20.0. The van der Waals surface area contributed by atoms with Gasteiger partial charge in [-0.2, -0.15) is 0 Å². The number of ketones is 2. The van der Waals surface area contributed by atoms with Gasteiger partial charge >= 0.3 is 0 Å². The van der Waals surface area contributed by atoms with Crippen LogP contribution in [-0.2, 0) is 16.0 Å². The highest BCUT2D eigenvalue weighted by Crippen LogP contribution is 2.50. The van der Waals surface area contributed by atoms with Gasteiger partial charge in [0.25, 0.3) is 5.91 Å². The highest BCUT2D eigenvalue weighted by molar-refractivity contribution is 6.33. The summed E-state index contributed by atoms with van der Waals surface area (Å²) in [5, 5.41) is 35.0. The first kappa shape index (κ1) is 27.4. The van der Waals surface area contributed by atoms with E-state index < -0.39 is 57.9 Å². The molecule has 0 saturated carbocycles. The molecule has 0 unspecified atom stereocenters. The van der Waals surface area contributed by atoms with Crippen molar-refractivity contribution in [2.75, 3.05) is 33.1 Å². The third kappa shape index (κ3) is 3.58. The molecule has 4 aromatic rings. The molecule has 11 nitrogen and oxygen atoms in total. The number of primary amides is 1. The fraction of sp³-hybridized carbons (Fsp3) is 0.267. The summed E-state index contributed by atoms with van der Waals surface area (Å²) in [4.78, 5) is 47.5. The van der Waals surface area contributed by atoms with Gasteiger partial charge in [0.15, 0.2) is 11.2 Å². The first-order chi connectivity index (χ1) is 19.8. The molecule has 216 valence electrons. The Bertz CT molecular complexity index is 1910. The zero-order chi connectivity index (χ0) is 30.4. The first-order valence-corrected chi connectivity index (χ1v) is 13.0. The number of oxazole rings is 1. The summed E-state index contributed by atoms with van der Waals surface area (Å²) >= 11 is 0. The van der Waals surface area contributed by atoms with Gasteiger partial charge < -0.3 is 30.4 Å². The highest BCUT2D eigenvalue weighted by Gasteiger charge is 2.63. The predicted octanol–water partition coefficient (Wildman–Crippen LogP) is 2.46. The fourth-order valence-corrected chi connectivity index (χ4v) is 6.34. The molecule has 3 atom stereocenters. The Morgan fingerprint density at radius 1 is 1.12 bits per heavy atom. The van der Waals surface area contributed by atoms with Crippen LogP contribution in [0.3, 0.4) is 0 Å². The summed E-state index contributed by atoms with van der Waals surface area (Å²) in [5.41, 5.74) is 3.11. The number of benzene rings is 3. The van der Waals surface area contributed by atoms with E-state index in [-0.39, 0.29) is 28.8 Å². The van der Waals surface area contributed by atoms with E-state index in [1.165, 1.54) is 23.1 Å². The second-order valence-electron chi connectivity index (χ2n) is 11.1. The van der Waals surface area contributed by atoms with Crippen molar-refractivity contribution in [3.63, 3.8) is 0 Å². The van der Waals surface area contributed by atoms with E-state index in [0.717, 1.165) is 0 Å². The molecule has 2 aliphatic carbocycles. The van der Waals surface area contributed by atoms with E-state index in [2.05, 4.69) is 4.98 Å². The predicted molar refractivity (Wildman–Crippen MR) is 151 cm³/mol. The molecule has 0 saturated heterocycles. The number of aromatic nitrogens is 1. The number of nitrogens with two attached hydrogens (primary N) is 1. The quantitative estimate of drug-likeness (QED) is 0.210. The topological polar surface area (TPSA) is 170 Å². The zero-order valence-corrected chi connectivity index (χ0v) is 23.1. The van der Waals surface area contributed by atoms with Gasteiger partial charge in [0.2, 0.25) is 17.5 Å². The van der Waals surface area contributed by atoms with Crippen molar-refractivity contribution >= 4 is 45.0 Å². The van der Waals surface area contributed by atoms with Gasteiger partial charge in [-0.15, -0.1) is 0 Å². The van der Waals surface area contributed by atoms with E-state index in [0.29, 0.717) is 27.7 Å². The third-order valence-electron chi connectivity index (χ3n) is 8.21. The number of carbonyl (C=O) groups is 3. The van der Waals surface area contributed by atoms with Gasteiger partial charge in [0.05, 0.1) is 17.0 Å². The van der Waals surface area contributed by atoms with Crippen molar-refractivity contribution in [3.8, 4) is 17.2 Å². The van der Waals surface area contributed by atoms with Crippen LogP contribution in [0.2, 0.25) is 0 Å². The van der Waals surface area contributed by atoms with Crippen molar-refractivity contribution < 1.29 is 38.5 Å². The van der Waals surface area contributed by atoms with Crippen LogP contribution in [0.4, 0.5) is 10.1 Å². The number of phenolic OH excluding ortho intramolecular Hbond substituents is 1. The number of hydrogen-bond acceptors (Lipinski definition) is 10. The number of amides is 1. The van der Waals surface area contributed by atoms with Crippen molar-refractivity contribution in [1.29, 1.82) is 0 Å². The SMILES string of the molecule is CN(C)c1cc2nc(-c3cccc(F)c3)oc2c2c(O)c3c(cc12)C[C@H]1[C@H](N(C)C)C(O)=C(C(N)=O)C(=O)[C@@]1(O)C3=O. The summed E-state index contributed by atoms with van der Waals surface area (Å²) in [6.07, 6.45) is -0.110.